The summed E-state index contributed by atoms with van der Waals surface area (Å²) in [6, 6.07) is 0.358. The van der Waals surface area contributed by atoms with E-state index in [0.29, 0.717) is 19.2 Å². The Hall–Kier alpha value is -0.770. The maximum absolute atomic E-state index is 10.9. The Bertz CT molecular complexity index is 156. The molecule has 1 saturated heterocycles. The Balaban J connectivity index is 2.06. The van der Waals surface area contributed by atoms with E-state index < -0.39 is 0 Å². The van der Waals surface area contributed by atoms with E-state index in [4.69, 9.17) is 4.74 Å². The zero-order valence-electron chi connectivity index (χ0n) is 8.14. The number of carbonyl (C=O) groups is 1. The van der Waals surface area contributed by atoms with E-state index in [1.54, 1.807) is 0 Å². The first-order chi connectivity index (χ1) is 6.33. The molecule has 2 N–H and O–H groups in total. The van der Waals surface area contributed by atoms with Crippen LogP contribution in [-0.4, -0.2) is 31.8 Å². The highest BCUT2D eigenvalue weighted by Gasteiger charge is 2.13. The smallest absolute Gasteiger partial charge is 0.407 e. The van der Waals surface area contributed by atoms with Crippen LogP contribution in [0.4, 0.5) is 4.79 Å². The number of hydrogen-bond donors (Lipinski definition) is 2. The first kappa shape index (κ1) is 10.3. The first-order valence-corrected chi connectivity index (χ1v) is 4.97. The van der Waals surface area contributed by atoms with Gasteiger partial charge in [-0.15, -0.1) is 0 Å². The monoisotopic (exact) mass is 186 g/mol. The number of amides is 1. The molecule has 0 radical (unpaired) electrons. The van der Waals surface area contributed by atoms with Crippen molar-refractivity contribution < 1.29 is 9.53 Å². The minimum atomic E-state index is -0.310. The Labute approximate surface area is 79.0 Å². The molecule has 1 atom stereocenters. The maximum Gasteiger partial charge on any atom is 0.407 e. The Kier molecular flexibility index (Phi) is 4.60. The zero-order valence-corrected chi connectivity index (χ0v) is 8.14. The van der Waals surface area contributed by atoms with Crippen LogP contribution in [0.5, 0.6) is 0 Å². The highest BCUT2D eigenvalue weighted by atomic mass is 16.5. The average Bonchev–Trinajstić information content (AvgIpc) is 2.17. The predicted molar refractivity (Wildman–Crippen MR) is 50.7 cm³/mol. The number of alkyl carbamates (subject to hydrolysis) is 1. The van der Waals surface area contributed by atoms with Gasteiger partial charge in [0, 0.05) is 12.6 Å². The summed E-state index contributed by atoms with van der Waals surface area (Å²) in [6.07, 6.45) is 3.27. The van der Waals surface area contributed by atoms with Crippen molar-refractivity contribution in [2.24, 2.45) is 0 Å². The van der Waals surface area contributed by atoms with E-state index in [0.717, 1.165) is 13.0 Å². The molecule has 0 saturated carbocycles. The van der Waals surface area contributed by atoms with Gasteiger partial charge >= 0.3 is 6.09 Å². The summed E-state index contributed by atoms with van der Waals surface area (Å²) in [7, 11) is 0. The van der Waals surface area contributed by atoms with Gasteiger partial charge in [-0.05, 0) is 26.3 Å². The molecule has 1 heterocycles. The van der Waals surface area contributed by atoms with Crippen LogP contribution >= 0.6 is 0 Å². The fourth-order valence-corrected chi connectivity index (χ4v) is 1.44. The average molecular weight is 186 g/mol. The lowest BCUT2D eigenvalue weighted by Gasteiger charge is -2.22. The zero-order chi connectivity index (χ0) is 9.52. The molecule has 76 valence electrons. The second-order valence-electron chi connectivity index (χ2n) is 3.28. The van der Waals surface area contributed by atoms with Crippen molar-refractivity contribution in [3.63, 3.8) is 0 Å². The van der Waals surface area contributed by atoms with E-state index in [-0.39, 0.29) is 6.09 Å². The number of hydrogen-bond acceptors (Lipinski definition) is 3. The van der Waals surface area contributed by atoms with Gasteiger partial charge in [0.15, 0.2) is 0 Å². The molecule has 0 spiro atoms. The molecule has 0 aromatic rings. The summed E-state index contributed by atoms with van der Waals surface area (Å²) in [6.45, 7) is 4.03. The minimum absolute atomic E-state index is 0.310. The van der Waals surface area contributed by atoms with Gasteiger partial charge in [-0.2, -0.15) is 0 Å². The van der Waals surface area contributed by atoms with E-state index in [1.807, 2.05) is 6.92 Å². The number of nitrogens with one attached hydrogen (secondary N) is 2. The number of ether oxygens (including phenoxy) is 1. The van der Waals surface area contributed by atoms with Crippen molar-refractivity contribution in [2.45, 2.75) is 32.2 Å². The van der Waals surface area contributed by atoms with Crippen LogP contribution in [-0.2, 0) is 4.74 Å². The quantitative estimate of drug-likeness (QED) is 0.687. The molecule has 0 bridgehead atoms. The second-order valence-corrected chi connectivity index (χ2v) is 3.28. The van der Waals surface area contributed by atoms with Gasteiger partial charge in [0.1, 0.15) is 6.61 Å². The summed E-state index contributed by atoms with van der Waals surface area (Å²) < 4.78 is 5.01. The van der Waals surface area contributed by atoms with Gasteiger partial charge in [0.05, 0.1) is 0 Å². The summed E-state index contributed by atoms with van der Waals surface area (Å²) in [5.41, 5.74) is 0. The molecule has 13 heavy (non-hydrogen) atoms. The maximum atomic E-state index is 10.9. The predicted octanol–water partition coefficient (Wildman–Crippen LogP) is 0.875. The lowest BCUT2D eigenvalue weighted by Crippen LogP contribution is -2.39. The molecule has 0 aliphatic carbocycles. The van der Waals surface area contributed by atoms with Crippen molar-refractivity contribution in [3.8, 4) is 0 Å². The molecule has 0 aromatic carbocycles. The van der Waals surface area contributed by atoms with Crippen molar-refractivity contribution in [1.29, 1.82) is 0 Å². The van der Waals surface area contributed by atoms with Crippen molar-refractivity contribution in [1.82, 2.24) is 10.6 Å². The molecular weight excluding hydrogens is 168 g/mol. The minimum Gasteiger partial charge on any atom is -0.448 e. The molecule has 0 aromatic heterocycles. The molecule has 1 fully saturated rings. The highest BCUT2D eigenvalue weighted by Crippen LogP contribution is 2.06. The summed E-state index contributed by atoms with van der Waals surface area (Å²) in [5, 5.41) is 5.91. The molecule has 4 nitrogen and oxygen atoms in total. The van der Waals surface area contributed by atoms with Gasteiger partial charge in [-0.25, -0.2) is 4.79 Å². The van der Waals surface area contributed by atoms with Crippen LogP contribution < -0.4 is 10.6 Å². The largest absolute Gasteiger partial charge is 0.448 e. The number of piperidine rings is 1. The topological polar surface area (TPSA) is 50.4 Å². The Morgan fingerprint density at radius 1 is 1.62 bits per heavy atom. The number of rotatable bonds is 3. The fraction of sp³-hybridized carbons (Fsp3) is 0.889. The lowest BCUT2D eigenvalue weighted by molar-refractivity contribution is 0.128. The van der Waals surface area contributed by atoms with Gasteiger partial charge in [-0.3, -0.25) is 0 Å². The van der Waals surface area contributed by atoms with E-state index in [2.05, 4.69) is 10.6 Å². The van der Waals surface area contributed by atoms with Crippen LogP contribution in [0.3, 0.4) is 0 Å². The van der Waals surface area contributed by atoms with E-state index in [9.17, 15) is 4.79 Å². The van der Waals surface area contributed by atoms with Crippen LogP contribution in [0.15, 0.2) is 0 Å². The van der Waals surface area contributed by atoms with Crippen LogP contribution in [0.2, 0.25) is 0 Å². The third-order valence-corrected chi connectivity index (χ3v) is 2.15. The molecule has 1 aliphatic heterocycles. The Morgan fingerprint density at radius 3 is 3.08 bits per heavy atom. The molecule has 0 unspecified atom stereocenters. The standard InChI is InChI=1S/C9H18N2O2/c1-2-10-9(12)13-7-8-5-3-4-6-11-8/h8,11H,2-7H2,1H3,(H,10,12)/t8-/m0/s1. The van der Waals surface area contributed by atoms with Crippen LogP contribution in [0.1, 0.15) is 26.2 Å². The van der Waals surface area contributed by atoms with E-state index in [1.165, 1.54) is 12.8 Å². The number of carbonyl (C=O) groups excluding carboxylic acids is 1. The molecule has 1 amide bonds. The second kappa shape index (κ2) is 5.80. The molecule has 1 aliphatic rings. The third kappa shape index (κ3) is 4.12. The van der Waals surface area contributed by atoms with Gasteiger partial charge in [-0.1, -0.05) is 6.42 Å². The summed E-state index contributed by atoms with van der Waals surface area (Å²) in [4.78, 5) is 10.9. The summed E-state index contributed by atoms with van der Waals surface area (Å²) in [5.74, 6) is 0. The normalized spacial score (nSPS) is 22.4. The molecular formula is C9H18N2O2. The van der Waals surface area contributed by atoms with Crippen molar-refractivity contribution >= 4 is 6.09 Å². The third-order valence-electron chi connectivity index (χ3n) is 2.15. The fourth-order valence-electron chi connectivity index (χ4n) is 1.44. The summed E-state index contributed by atoms with van der Waals surface area (Å²) >= 11 is 0. The Morgan fingerprint density at radius 2 is 2.46 bits per heavy atom. The van der Waals surface area contributed by atoms with Crippen LogP contribution in [0.25, 0.3) is 0 Å². The van der Waals surface area contributed by atoms with E-state index >= 15 is 0 Å². The van der Waals surface area contributed by atoms with Crippen molar-refractivity contribution in [3.05, 3.63) is 0 Å². The van der Waals surface area contributed by atoms with Gasteiger partial charge in [0.2, 0.25) is 0 Å². The van der Waals surface area contributed by atoms with Crippen LogP contribution in [0, 0.1) is 0 Å². The lowest BCUT2D eigenvalue weighted by atomic mass is 10.1. The van der Waals surface area contributed by atoms with Gasteiger partial charge in [0.25, 0.3) is 0 Å². The molecule has 1 rings (SSSR count). The van der Waals surface area contributed by atoms with Gasteiger partial charge < -0.3 is 15.4 Å². The first-order valence-electron chi connectivity index (χ1n) is 4.97. The molecule has 4 heteroatoms. The SMILES string of the molecule is CCNC(=O)OC[C@@H]1CCCCN1. The highest BCUT2D eigenvalue weighted by molar-refractivity contribution is 5.66. The van der Waals surface area contributed by atoms with Crippen molar-refractivity contribution in [2.75, 3.05) is 19.7 Å².